The lowest BCUT2D eigenvalue weighted by Gasteiger charge is -2.10. The van der Waals surface area contributed by atoms with Crippen molar-refractivity contribution in [1.82, 2.24) is 4.98 Å². The number of benzene rings is 2. The lowest BCUT2D eigenvalue weighted by molar-refractivity contribution is 0.102. The maximum atomic E-state index is 13.7. The third-order valence-electron chi connectivity index (χ3n) is 3.66. The number of hydrogen-bond acceptors (Lipinski definition) is 3. The molecule has 0 saturated heterocycles. The summed E-state index contributed by atoms with van der Waals surface area (Å²) < 4.78 is 27.5. The molecule has 0 bridgehead atoms. The quantitative estimate of drug-likeness (QED) is 0.651. The number of carbonyl (C=O) groups is 1. The Morgan fingerprint density at radius 3 is 2.46 bits per heavy atom. The standard InChI is InChI=1S/C19H14ClF2N3O/c1-11-5-6-13(8-15(11)20)25-19(26)12-7-14(10-23-9-12)24-18-16(21)3-2-4-17(18)22/h2-10,24H,1H3,(H,25,26). The largest absolute Gasteiger partial charge is 0.349 e. The first-order valence-corrected chi connectivity index (χ1v) is 8.05. The topological polar surface area (TPSA) is 54.0 Å². The van der Waals surface area contributed by atoms with Gasteiger partial charge in [0.1, 0.15) is 17.3 Å². The van der Waals surface area contributed by atoms with Crippen LogP contribution >= 0.6 is 11.6 Å². The van der Waals surface area contributed by atoms with Gasteiger partial charge in [-0.2, -0.15) is 0 Å². The highest BCUT2D eigenvalue weighted by Gasteiger charge is 2.12. The van der Waals surface area contributed by atoms with Crippen molar-refractivity contribution in [2.75, 3.05) is 10.6 Å². The molecule has 0 unspecified atom stereocenters. The second-order valence-electron chi connectivity index (χ2n) is 5.60. The molecule has 1 aromatic heterocycles. The van der Waals surface area contributed by atoms with Crippen LogP contribution < -0.4 is 10.6 Å². The highest BCUT2D eigenvalue weighted by Crippen LogP contribution is 2.24. The van der Waals surface area contributed by atoms with Crippen LogP contribution in [0.2, 0.25) is 5.02 Å². The lowest BCUT2D eigenvalue weighted by Crippen LogP contribution is -2.12. The van der Waals surface area contributed by atoms with E-state index in [1.54, 1.807) is 18.2 Å². The van der Waals surface area contributed by atoms with Crippen molar-refractivity contribution in [3.8, 4) is 0 Å². The normalized spacial score (nSPS) is 10.5. The predicted octanol–water partition coefficient (Wildman–Crippen LogP) is 5.32. The molecule has 0 aliphatic carbocycles. The van der Waals surface area contributed by atoms with E-state index in [0.717, 1.165) is 17.7 Å². The lowest BCUT2D eigenvalue weighted by atomic mass is 10.2. The molecular formula is C19H14ClF2N3O. The summed E-state index contributed by atoms with van der Waals surface area (Å²) in [7, 11) is 0. The summed E-state index contributed by atoms with van der Waals surface area (Å²) in [6.07, 6.45) is 2.72. The molecule has 0 atom stereocenters. The second kappa shape index (κ2) is 7.49. The molecule has 2 aromatic carbocycles. The van der Waals surface area contributed by atoms with E-state index < -0.39 is 17.5 Å². The highest BCUT2D eigenvalue weighted by molar-refractivity contribution is 6.31. The minimum Gasteiger partial charge on any atom is -0.349 e. The van der Waals surface area contributed by atoms with E-state index in [0.29, 0.717) is 10.7 Å². The third-order valence-corrected chi connectivity index (χ3v) is 4.07. The zero-order chi connectivity index (χ0) is 18.7. The molecule has 3 rings (SSSR count). The fourth-order valence-corrected chi connectivity index (χ4v) is 2.45. The fraction of sp³-hybridized carbons (Fsp3) is 0.0526. The Morgan fingerprint density at radius 1 is 1.04 bits per heavy atom. The number of para-hydroxylation sites is 1. The summed E-state index contributed by atoms with van der Waals surface area (Å²) in [5.41, 5.74) is 1.62. The van der Waals surface area contributed by atoms with E-state index in [-0.39, 0.29) is 16.9 Å². The Balaban J connectivity index is 1.80. The molecule has 1 heterocycles. The Morgan fingerprint density at radius 2 is 1.77 bits per heavy atom. The average molecular weight is 374 g/mol. The number of pyridine rings is 1. The third kappa shape index (κ3) is 3.97. The zero-order valence-corrected chi connectivity index (χ0v) is 14.4. The van der Waals surface area contributed by atoms with Gasteiger partial charge in [0, 0.05) is 16.9 Å². The average Bonchev–Trinajstić information content (AvgIpc) is 2.62. The summed E-state index contributed by atoms with van der Waals surface area (Å²) >= 11 is 6.04. The number of anilines is 3. The van der Waals surface area contributed by atoms with Gasteiger partial charge in [-0.1, -0.05) is 23.7 Å². The number of amides is 1. The van der Waals surface area contributed by atoms with Crippen molar-refractivity contribution < 1.29 is 13.6 Å². The molecule has 3 aromatic rings. The fourth-order valence-electron chi connectivity index (χ4n) is 2.27. The van der Waals surface area contributed by atoms with Crippen LogP contribution in [0.5, 0.6) is 0 Å². The number of aryl methyl sites for hydroxylation is 1. The zero-order valence-electron chi connectivity index (χ0n) is 13.7. The van der Waals surface area contributed by atoms with Crippen LogP contribution in [0.4, 0.5) is 25.8 Å². The molecule has 0 radical (unpaired) electrons. The second-order valence-corrected chi connectivity index (χ2v) is 6.01. The molecule has 4 nitrogen and oxygen atoms in total. The molecule has 0 fully saturated rings. The predicted molar refractivity (Wildman–Crippen MR) is 98.0 cm³/mol. The van der Waals surface area contributed by atoms with Crippen molar-refractivity contribution in [3.63, 3.8) is 0 Å². The number of nitrogens with one attached hydrogen (secondary N) is 2. The van der Waals surface area contributed by atoms with Gasteiger partial charge in [0.05, 0.1) is 17.4 Å². The van der Waals surface area contributed by atoms with E-state index in [4.69, 9.17) is 11.6 Å². The molecule has 26 heavy (non-hydrogen) atoms. The minimum absolute atomic E-state index is 0.225. The molecule has 0 aliphatic heterocycles. The van der Waals surface area contributed by atoms with E-state index >= 15 is 0 Å². The van der Waals surface area contributed by atoms with Gasteiger partial charge in [-0.05, 0) is 42.8 Å². The molecule has 2 N–H and O–H groups in total. The van der Waals surface area contributed by atoms with Crippen LogP contribution in [0.3, 0.4) is 0 Å². The first-order chi connectivity index (χ1) is 12.4. The summed E-state index contributed by atoms with van der Waals surface area (Å²) in [4.78, 5) is 16.3. The van der Waals surface area contributed by atoms with Crippen molar-refractivity contribution in [3.05, 3.63) is 82.6 Å². The first kappa shape index (κ1) is 17.8. The Labute approximate surface area is 153 Å². The van der Waals surface area contributed by atoms with E-state index in [9.17, 15) is 13.6 Å². The Hall–Kier alpha value is -2.99. The maximum absolute atomic E-state index is 13.7. The van der Waals surface area contributed by atoms with E-state index in [2.05, 4.69) is 15.6 Å². The smallest absolute Gasteiger partial charge is 0.257 e. The monoisotopic (exact) mass is 373 g/mol. The summed E-state index contributed by atoms with van der Waals surface area (Å²) in [6.45, 7) is 1.86. The van der Waals surface area contributed by atoms with Crippen LogP contribution in [-0.4, -0.2) is 10.9 Å². The van der Waals surface area contributed by atoms with Crippen LogP contribution in [0.1, 0.15) is 15.9 Å². The minimum atomic E-state index is -0.742. The van der Waals surface area contributed by atoms with E-state index in [1.165, 1.54) is 24.5 Å². The molecule has 132 valence electrons. The Kier molecular flexibility index (Phi) is 5.14. The number of nitrogens with zero attached hydrogens (tertiary/aromatic N) is 1. The number of hydrogen-bond donors (Lipinski definition) is 2. The molecule has 0 aliphatic rings. The Bertz CT molecular complexity index is 958. The van der Waals surface area contributed by atoms with Crippen molar-refractivity contribution in [2.45, 2.75) is 6.92 Å². The van der Waals surface area contributed by atoms with Crippen LogP contribution in [0.25, 0.3) is 0 Å². The number of aromatic nitrogens is 1. The van der Waals surface area contributed by atoms with Crippen LogP contribution in [-0.2, 0) is 0 Å². The summed E-state index contributed by atoms with van der Waals surface area (Å²) in [5.74, 6) is -1.90. The van der Waals surface area contributed by atoms with Gasteiger partial charge >= 0.3 is 0 Å². The number of carbonyl (C=O) groups excluding carboxylic acids is 1. The molecular weight excluding hydrogens is 360 g/mol. The summed E-state index contributed by atoms with van der Waals surface area (Å²) in [5, 5.41) is 5.84. The molecule has 7 heteroatoms. The van der Waals surface area contributed by atoms with Gasteiger partial charge in [-0.15, -0.1) is 0 Å². The molecule has 0 spiro atoms. The van der Waals surface area contributed by atoms with Crippen molar-refractivity contribution >= 4 is 34.6 Å². The van der Waals surface area contributed by atoms with Gasteiger partial charge in [0.15, 0.2) is 0 Å². The van der Waals surface area contributed by atoms with Gasteiger partial charge in [0.2, 0.25) is 0 Å². The highest BCUT2D eigenvalue weighted by atomic mass is 35.5. The molecule has 0 saturated carbocycles. The van der Waals surface area contributed by atoms with Gasteiger partial charge in [-0.3, -0.25) is 9.78 Å². The van der Waals surface area contributed by atoms with Gasteiger partial charge in [0.25, 0.3) is 5.91 Å². The van der Waals surface area contributed by atoms with Gasteiger partial charge < -0.3 is 10.6 Å². The number of halogens is 3. The van der Waals surface area contributed by atoms with Crippen LogP contribution in [0, 0.1) is 18.6 Å². The van der Waals surface area contributed by atoms with Crippen LogP contribution in [0.15, 0.2) is 54.9 Å². The maximum Gasteiger partial charge on any atom is 0.257 e. The van der Waals surface area contributed by atoms with Gasteiger partial charge in [-0.25, -0.2) is 8.78 Å². The van der Waals surface area contributed by atoms with E-state index in [1.807, 2.05) is 6.92 Å². The number of rotatable bonds is 4. The van der Waals surface area contributed by atoms with Crippen molar-refractivity contribution in [2.24, 2.45) is 0 Å². The first-order valence-electron chi connectivity index (χ1n) is 7.67. The van der Waals surface area contributed by atoms with Crippen molar-refractivity contribution in [1.29, 1.82) is 0 Å². The summed E-state index contributed by atoms with van der Waals surface area (Å²) in [6, 6.07) is 10.1. The molecule has 1 amide bonds. The SMILES string of the molecule is Cc1ccc(NC(=O)c2cncc(Nc3c(F)cccc3F)c2)cc1Cl.